The molecule has 0 bridgehead atoms. The normalized spacial score (nSPS) is 9.92. The minimum Gasteiger partial charge on any atom is -0.159 e. The van der Waals surface area contributed by atoms with E-state index in [9.17, 15) is 0 Å². The molecule has 2 nitrogen and oxygen atoms in total. The van der Waals surface area contributed by atoms with Crippen LogP contribution in [0.25, 0.3) is 11.3 Å². The van der Waals surface area contributed by atoms with Gasteiger partial charge in [0.05, 0.1) is 10.7 Å². The summed E-state index contributed by atoms with van der Waals surface area (Å²) in [6, 6.07) is 12.1. The zero-order chi connectivity index (χ0) is 9.10. The van der Waals surface area contributed by atoms with E-state index in [1.165, 1.54) is 0 Å². The molecule has 1 heterocycles. The van der Waals surface area contributed by atoms with Gasteiger partial charge in [-0.2, -0.15) is 10.2 Å². The first-order valence-electron chi connectivity index (χ1n) is 3.82. The molecule has 0 unspecified atom stereocenters. The van der Waals surface area contributed by atoms with E-state index in [0.29, 0.717) is 5.02 Å². The molecule has 0 aliphatic carbocycles. The van der Waals surface area contributed by atoms with Gasteiger partial charge in [0.25, 0.3) is 0 Å². The molecule has 0 atom stereocenters. The van der Waals surface area contributed by atoms with Crippen LogP contribution in [0, 0.1) is 6.07 Å². The number of aromatic nitrogens is 2. The first-order chi connectivity index (χ1) is 6.38. The number of benzene rings is 1. The van der Waals surface area contributed by atoms with Gasteiger partial charge in [-0.05, 0) is 12.1 Å². The lowest BCUT2D eigenvalue weighted by atomic mass is 10.1. The van der Waals surface area contributed by atoms with Crippen LogP contribution < -0.4 is 0 Å². The molecule has 0 fully saturated rings. The fraction of sp³-hybridized carbons (Fsp3) is 0. The quantitative estimate of drug-likeness (QED) is 0.689. The van der Waals surface area contributed by atoms with Crippen molar-refractivity contribution in [3.63, 3.8) is 0 Å². The Balaban J connectivity index is 2.54. The van der Waals surface area contributed by atoms with Gasteiger partial charge >= 0.3 is 0 Å². The zero-order valence-electron chi connectivity index (χ0n) is 6.74. The second-order valence-corrected chi connectivity index (χ2v) is 2.88. The molecule has 0 saturated carbocycles. The second-order valence-electron chi connectivity index (χ2n) is 2.51. The highest BCUT2D eigenvalue weighted by Gasteiger charge is 2.02. The van der Waals surface area contributed by atoms with Gasteiger partial charge in [0.2, 0.25) is 0 Å². The molecule has 1 radical (unpaired) electrons. The smallest absolute Gasteiger partial charge is 0.0944 e. The minimum atomic E-state index is 0.572. The molecule has 2 rings (SSSR count). The van der Waals surface area contributed by atoms with Crippen molar-refractivity contribution in [3.8, 4) is 11.3 Å². The maximum Gasteiger partial charge on any atom is 0.0944 e. The van der Waals surface area contributed by atoms with E-state index in [2.05, 4.69) is 16.3 Å². The average molecular weight is 190 g/mol. The largest absolute Gasteiger partial charge is 0.159 e. The van der Waals surface area contributed by atoms with E-state index < -0.39 is 0 Å². The molecule has 0 N–H and O–H groups in total. The van der Waals surface area contributed by atoms with Gasteiger partial charge < -0.3 is 0 Å². The predicted molar refractivity (Wildman–Crippen MR) is 51.3 cm³/mol. The van der Waals surface area contributed by atoms with Gasteiger partial charge in [-0.3, -0.25) is 0 Å². The summed E-state index contributed by atoms with van der Waals surface area (Å²) in [7, 11) is 0. The van der Waals surface area contributed by atoms with Gasteiger partial charge in [-0.25, -0.2) is 0 Å². The maximum absolute atomic E-state index is 5.94. The fourth-order valence-electron chi connectivity index (χ4n) is 1.06. The highest BCUT2D eigenvalue weighted by atomic mass is 35.5. The number of rotatable bonds is 1. The number of halogens is 1. The van der Waals surface area contributed by atoms with Crippen LogP contribution >= 0.6 is 11.6 Å². The van der Waals surface area contributed by atoms with E-state index in [1.807, 2.05) is 24.3 Å². The summed E-state index contributed by atoms with van der Waals surface area (Å²) < 4.78 is 0. The van der Waals surface area contributed by atoms with E-state index in [4.69, 9.17) is 11.6 Å². The van der Waals surface area contributed by atoms with Gasteiger partial charge in [-0.15, -0.1) is 0 Å². The van der Waals surface area contributed by atoms with E-state index in [-0.39, 0.29) is 0 Å². The lowest BCUT2D eigenvalue weighted by Crippen LogP contribution is -1.85. The summed E-state index contributed by atoms with van der Waals surface area (Å²) in [5, 5.41) is 8.31. The molecule has 63 valence electrons. The summed E-state index contributed by atoms with van der Waals surface area (Å²) in [4.78, 5) is 0. The molecule has 1 aromatic carbocycles. The lowest BCUT2D eigenvalue weighted by Gasteiger charge is -2.00. The van der Waals surface area contributed by atoms with E-state index >= 15 is 0 Å². The Morgan fingerprint density at radius 1 is 1.23 bits per heavy atom. The Labute approximate surface area is 81.2 Å². The predicted octanol–water partition coefficient (Wildman–Crippen LogP) is 2.60. The molecule has 2 aromatic rings. The third-order valence-electron chi connectivity index (χ3n) is 1.65. The summed E-state index contributed by atoms with van der Waals surface area (Å²) in [5.74, 6) is 0. The van der Waals surface area contributed by atoms with Crippen molar-refractivity contribution in [2.45, 2.75) is 0 Å². The van der Waals surface area contributed by atoms with Gasteiger partial charge in [0.1, 0.15) is 0 Å². The summed E-state index contributed by atoms with van der Waals surface area (Å²) in [5.41, 5.74) is 1.63. The SMILES string of the molecule is Clc1[c]cccc1-c1cccnn1. The van der Waals surface area contributed by atoms with E-state index in [1.54, 1.807) is 12.3 Å². The molecular weight excluding hydrogens is 184 g/mol. The molecule has 0 aliphatic heterocycles. The molecule has 1 aromatic heterocycles. The summed E-state index contributed by atoms with van der Waals surface area (Å²) >= 11 is 5.94. The monoisotopic (exact) mass is 189 g/mol. The van der Waals surface area contributed by atoms with Crippen molar-refractivity contribution in [2.24, 2.45) is 0 Å². The first-order valence-corrected chi connectivity index (χ1v) is 4.20. The first kappa shape index (κ1) is 8.20. The highest BCUT2D eigenvalue weighted by molar-refractivity contribution is 6.33. The summed E-state index contributed by atoms with van der Waals surface area (Å²) in [6.45, 7) is 0. The Hall–Kier alpha value is -1.41. The molecule has 0 amide bonds. The van der Waals surface area contributed by atoms with Crippen LogP contribution in [0.3, 0.4) is 0 Å². The standard InChI is InChI=1S/C10H6ClN2/c11-9-5-2-1-4-8(9)10-6-3-7-12-13-10/h1-4,6-7H. The lowest BCUT2D eigenvalue weighted by molar-refractivity contribution is 1.04. The van der Waals surface area contributed by atoms with E-state index in [0.717, 1.165) is 11.3 Å². The van der Waals surface area contributed by atoms with Gasteiger partial charge in [0, 0.05) is 17.8 Å². The Bertz CT molecular complexity index is 401. The zero-order valence-corrected chi connectivity index (χ0v) is 7.49. The van der Waals surface area contributed by atoms with Crippen LogP contribution in [-0.4, -0.2) is 10.2 Å². The Kier molecular flexibility index (Phi) is 2.23. The number of hydrogen-bond donors (Lipinski definition) is 0. The van der Waals surface area contributed by atoms with Crippen LogP contribution in [0.5, 0.6) is 0 Å². The number of hydrogen-bond acceptors (Lipinski definition) is 2. The molecule has 3 heteroatoms. The van der Waals surface area contributed by atoms with Crippen LogP contribution in [-0.2, 0) is 0 Å². The van der Waals surface area contributed by atoms with Crippen molar-refractivity contribution >= 4 is 11.6 Å². The van der Waals surface area contributed by atoms with Crippen molar-refractivity contribution in [1.82, 2.24) is 10.2 Å². The molecular formula is C10H6ClN2. The van der Waals surface area contributed by atoms with Crippen LogP contribution in [0.4, 0.5) is 0 Å². The third-order valence-corrected chi connectivity index (χ3v) is 1.97. The second kappa shape index (κ2) is 3.54. The Morgan fingerprint density at radius 3 is 2.85 bits per heavy atom. The molecule has 0 spiro atoms. The van der Waals surface area contributed by atoms with Gasteiger partial charge in [0.15, 0.2) is 0 Å². The third kappa shape index (κ3) is 1.68. The molecule has 13 heavy (non-hydrogen) atoms. The van der Waals surface area contributed by atoms with Crippen LogP contribution in [0.2, 0.25) is 5.02 Å². The fourth-order valence-corrected chi connectivity index (χ4v) is 1.28. The topological polar surface area (TPSA) is 25.8 Å². The highest BCUT2D eigenvalue weighted by Crippen LogP contribution is 2.24. The van der Waals surface area contributed by atoms with Gasteiger partial charge in [-0.1, -0.05) is 29.8 Å². The average Bonchev–Trinajstić information content (AvgIpc) is 2.20. The minimum absolute atomic E-state index is 0.572. The maximum atomic E-state index is 5.94. The molecule has 0 saturated heterocycles. The van der Waals surface area contributed by atoms with Crippen molar-refractivity contribution in [2.75, 3.05) is 0 Å². The summed E-state index contributed by atoms with van der Waals surface area (Å²) in [6.07, 6.45) is 1.63. The van der Waals surface area contributed by atoms with Crippen LogP contribution in [0.1, 0.15) is 0 Å². The molecule has 0 aliphatic rings. The van der Waals surface area contributed by atoms with Crippen molar-refractivity contribution in [3.05, 3.63) is 47.6 Å². The Morgan fingerprint density at radius 2 is 2.15 bits per heavy atom. The number of nitrogens with zero attached hydrogens (tertiary/aromatic N) is 2. The van der Waals surface area contributed by atoms with Crippen molar-refractivity contribution < 1.29 is 0 Å². The van der Waals surface area contributed by atoms with Crippen LogP contribution in [0.15, 0.2) is 36.5 Å². The van der Waals surface area contributed by atoms with Crippen molar-refractivity contribution in [1.29, 1.82) is 0 Å².